The van der Waals surface area contributed by atoms with Crippen molar-refractivity contribution >= 4 is 11.8 Å². The lowest BCUT2D eigenvalue weighted by Crippen LogP contribution is -2.43. The second-order valence-corrected chi connectivity index (χ2v) is 3.61. The van der Waals surface area contributed by atoms with E-state index in [1.807, 2.05) is 0 Å². The Bertz CT molecular complexity index is 395. The summed E-state index contributed by atoms with van der Waals surface area (Å²) in [6, 6.07) is 5.34. The van der Waals surface area contributed by atoms with Gasteiger partial charge in [-0.1, -0.05) is 6.07 Å². The predicted molar refractivity (Wildman–Crippen MR) is 65.4 cm³/mol. The molecule has 0 aromatic carbocycles. The molecule has 0 saturated heterocycles. The van der Waals surface area contributed by atoms with E-state index in [1.165, 1.54) is 4.90 Å². The molecule has 0 fully saturated rings. The van der Waals surface area contributed by atoms with Crippen LogP contribution in [0.1, 0.15) is 12.6 Å². The molecule has 0 radical (unpaired) electrons. The number of amides is 2. The van der Waals surface area contributed by atoms with Crippen LogP contribution in [0.2, 0.25) is 0 Å². The summed E-state index contributed by atoms with van der Waals surface area (Å²) in [6.07, 6.45) is 1.62. The first-order valence-electron chi connectivity index (χ1n) is 5.77. The van der Waals surface area contributed by atoms with Crippen LogP contribution in [0.5, 0.6) is 0 Å². The highest BCUT2D eigenvalue weighted by Gasteiger charge is 2.19. The molecule has 6 heteroatoms. The minimum Gasteiger partial charge on any atom is -0.395 e. The van der Waals surface area contributed by atoms with Crippen LogP contribution in [0.4, 0.5) is 0 Å². The summed E-state index contributed by atoms with van der Waals surface area (Å²) in [6.45, 7) is 2.34. The fraction of sp³-hybridized carbons (Fsp3) is 0.417. The molecule has 0 unspecified atom stereocenters. The average molecular weight is 251 g/mol. The number of aliphatic hydroxyl groups excluding tert-OH is 1. The van der Waals surface area contributed by atoms with Gasteiger partial charge in [-0.15, -0.1) is 0 Å². The van der Waals surface area contributed by atoms with Crippen molar-refractivity contribution in [2.75, 3.05) is 19.7 Å². The van der Waals surface area contributed by atoms with Crippen LogP contribution in [0, 0.1) is 0 Å². The zero-order valence-electron chi connectivity index (χ0n) is 10.3. The maximum atomic E-state index is 11.7. The maximum absolute atomic E-state index is 11.7. The molecular formula is C12H17N3O3. The molecular weight excluding hydrogens is 234 g/mol. The second kappa shape index (κ2) is 7.39. The van der Waals surface area contributed by atoms with Gasteiger partial charge in [0, 0.05) is 19.3 Å². The first-order chi connectivity index (χ1) is 8.69. The number of pyridine rings is 1. The number of aliphatic hydroxyl groups is 1. The number of aromatic nitrogens is 1. The number of nitrogens with zero attached hydrogens (tertiary/aromatic N) is 2. The van der Waals surface area contributed by atoms with Gasteiger partial charge in [-0.05, 0) is 19.1 Å². The van der Waals surface area contributed by atoms with Crippen LogP contribution in [-0.2, 0) is 16.1 Å². The molecule has 2 N–H and O–H groups in total. The lowest BCUT2D eigenvalue weighted by molar-refractivity contribution is -0.146. The highest BCUT2D eigenvalue weighted by Crippen LogP contribution is 1.94. The van der Waals surface area contributed by atoms with Gasteiger partial charge in [0.25, 0.3) is 0 Å². The summed E-state index contributed by atoms with van der Waals surface area (Å²) in [4.78, 5) is 28.6. The van der Waals surface area contributed by atoms with Crippen molar-refractivity contribution in [1.29, 1.82) is 0 Å². The van der Waals surface area contributed by atoms with E-state index in [0.717, 1.165) is 0 Å². The summed E-state index contributed by atoms with van der Waals surface area (Å²) < 4.78 is 0. The minimum absolute atomic E-state index is 0.159. The van der Waals surface area contributed by atoms with E-state index in [-0.39, 0.29) is 19.7 Å². The Kier molecular flexibility index (Phi) is 5.79. The van der Waals surface area contributed by atoms with Gasteiger partial charge in [0.15, 0.2) is 0 Å². The first kappa shape index (κ1) is 14.1. The molecule has 98 valence electrons. The molecule has 0 aliphatic rings. The number of hydrogen-bond donors (Lipinski definition) is 2. The highest BCUT2D eigenvalue weighted by molar-refractivity contribution is 6.34. The van der Waals surface area contributed by atoms with Crippen molar-refractivity contribution in [2.24, 2.45) is 0 Å². The van der Waals surface area contributed by atoms with Crippen molar-refractivity contribution in [3.63, 3.8) is 0 Å². The van der Waals surface area contributed by atoms with E-state index in [1.54, 1.807) is 31.3 Å². The zero-order chi connectivity index (χ0) is 13.4. The lowest BCUT2D eigenvalue weighted by atomic mass is 10.3. The van der Waals surface area contributed by atoms with Crippen LogP contribution in [0.15, 0.2) is 24.4 Å². The molecule has 0 atom stereocenters. The van der Waals surface area contributed by atoms with Crippen molar-refractivity contribution < 1.29 is 14.7 Å². The average Bonchev–Trinajstić information content (AvgIpc) is 2.42. The Balaban J connectivity index is 2.47. The lowest BCUT2D eigenvalue weighted by Gasteiger charge is -2.18. The predicted octanol–water partition coefficient (Wildman–Crippen LogP) is -0.461. The van der Waals surface area contributed by atoms with Gasteiger partial charge >= 0.3 is 11.8 Å². The number of carbonyl (C=O) groups excluding carboxylic acids is 2. The number of rotatable bonds is 5. The molecule has 1 rings (SSSR count). The van der Waals surface area contributed by atoms with E-state index in [2.05, 4.69) is 10.3 Å². The van der Waals surface area contributed by atoms with Crippen molar-refractivity contribution in [3.05, 3.63) is 30.1 Å². The van der Waals surface area contributed by atoms with Crippen LogP contribution >= 0.6 is 0 Å². The molecule has 6 nitrogen and oxygen atoms in total. The van der Waals surface area contributed by atoms with Crippen LogP contribution in [0.25, 0.3) is 0 Å². The third-order valence-electron chi connectivity index (χ3n) is 2.39. The van der Waals surface area contributed by atoms with Crippen LogP contribution in [-0.4, -0.2) is 46.5 Å². The van der Waals surface area contributed by atoms with E-state index in [4.69, 9.17) is 5.11 Å². The highest BCUT2D eigenvalue weighted by atomic mass is 16.3. The number of carbonyl (C=O) groups is 2. The van der Waals surface area contributed by atoms with Gasteiger partial charge in [-0.25, -0.2) is 0 Å². The second-order valence-electron chi connectivity index (χ2n) is 3.61. The Morgan fingerprint density at radius 2 is 2.22 bits per heavy atom. The fourth-order valence-electron chi connectivity index (χ4n) is 1.42. The molecule has 2 amide bonds. The van der Waals surface area contributed by atoms with E-state index in [0.29, 0.717) is 12.2 Å². The summed E-state index contributed by atoms with van der Waals surface area (Å²) in [5.74, 6) is -1.32. The number of nitrogens with one attached hydrogen (secondary N) is 1. The summed E-state index contributed by atoms with van der Waals surface area (Å²) in [5.41, 5.74) is 0.684. The number of likely N-dealkylation sites (N-methyl/N-ethyl adjacent to an activating group) is 1. The van der Waals surface area contributed by atoms with Crippen molar-refractivity contribution in [1.82, 2.24) is 15.2 Å². The normalized spacial score (nSPS) is 9.89. The molecule has 0 bridgehead atoms. The molecule has 0 spiro atoms. The SMILES string of the molecule is CCN(CCO)C(=O)C(=O)NCc1ccccn1. The molecule has 1 aromatic heterocycles. The maximum Gasteiger partial charge on any atom is 0.311 e. The fourth-order valence-corrected chi connectivity index (χ4v) is 1.42. The zero-order valence-corrected chi connectivity index (χ0v) is 10.3. The third kappa shape index (κ3) is 4.14. The Hall–Kier alpha value is -1.95. The van der Waals surface area contributed by atoms with Gasteiger partial charge in [0.1, 0.15) is 0 Å². The van der Waals surface area contributed by atoms with Crippen molar-refractivity contribution in [2.45, 2.75) is 13.5 Å². The monoisotopic (exact) mass is 251 g/mol. The summed E-state index contributed by atoms with van der Waals surface area (Å²) in [5, 5.41) is 11.3. The largest absolute Gasteiger partial charge is 0.395 e. The topological polar surface area (TPSA) is 82.5 Å². The van der Waals surface area contributed by atoms with Gasteiger partial charge in [-0.3, -0.25) is 14.6 Å². The van der Waals surface area contributed by atoms with Crippen molar-refractivity contribution in [3.8, 4) is 0 Å². The Morgan fingerprint density at radius 3 is 2.78 bits per heavy atom. The van der Waals surface area contributed by atoms with Gasteiger partial charge in [0.2, 0.25) is 0 Å². The Morgan fingerprint density at radius 1 is 1.44 bits per heavy atom. The Labute approximate surface area is 106 Å². The molecule has 0 aliphatic carbocycles. The molecule has 1 aromatic rings. The van der Waals surface area contributed by atoms with Crippen LogP contribution < -0.4 is 5.32 Å². The van der Waals surface area contributed by atoms with E-state index in [9.17, 15) is 9.59 Å². The molecule has 1 heterocycles. The first-order valence-corrected chi connectivity index (χ1v) is 5.77. The van der Waals surface area contributed by atoms with Gasteiger partial charge in [0.05, 0.1) is 18.8 Å². The van der Waals surface area contributed by atoms with E-state index >= 15 is 0 Å². The smallest absolute Gasteiger partial charge is 0.311 e. The quantitative estimate of drug-likeness (QED) is 0.694. The molecule has 0 saturated carbocycles. The van der Waals surface area contributed by atoms with E-state index < -0.39 is 11.8 Å². The standard InChI is InChI=1S/C12H17N3O3/c1-2-15(7-8-16)12(18)11(17)14-9-10-5-3-4-6-13-10/h3-6,16H,2,7-9H2,1H3,(H,14,17). The molecule has 18 heavy (non-hydrogen) atoms. The van der Waals surface area contributed by atoms with Gasteiger partial charge < -0.3 is 15.3 Å². The van der Waals surface area contributed by atoms with Crippen LogP contribution in [0.3, 0.4) is 0 Å². The van der Waals surface area contributed by atoms with Gasteiger partial charge in [-0.2, -0.15) is 0 Å². The number of hydrogen-bond acceptors (Lipinski definition) is 4. The minimum atomic E-state index is -0.684. The summed E-state index contributed by atoms with van der Waals surface area (Å²) >= 11 is 0. The third-order valence-corrected chi connectivity index (χ3v) is 2.39. The molecule has 0 aliphatic heterocycles. The summed E-state index contributed by atoms with van der Waals surface area (Å²) in [7, 11) is 0.